The molecule has 1 aliphatic rings. The highest BCUT2D eigenvalue weighted by Crippen LogP contribution is 2.30. The lowest BCUT2D eigenvalue weighted by molar-refractivity contribution is -0.130. The second-order valence-electron chi connectivity index (χ2n) is 10.4. The van der Waals surface area contributed by atoms with Crippen LogP contribution in [-0.4, -0.2) is 40.1 Å². The molecule has 0 spiro atoms. The van der Waals surface area contributed by atoms with Gasteiger partial charge >= 0.3 is 6.09 Å². The Balaban J connectivity index is 0.981. The highest BCUT2D eigenvalue weighted by atomic mass is 16.6. The number of carbonyl (C=O) groups excluding carboxylic acids is 2. The van der Waals surface area contributed by atoms with E-state index in [2.05, 4.69) is 9.97 Å². The minimum Gasteiger partial charge on any atom is -0.493 e. The lowest BCUT2D eigenvalue weighted by Gasteiger charge is -2.12. The molecule has 5 aromatic rings. The maximum Gasteiger partial charge on any atom is 0.417 e. The molecule has 0 bridgehead atoms. The standard InChI is InChI=1S/C35H31N3O7/c1-41-31-19-25(15-17-29(31)42-22-28-23-43-32(36-28)18-16-24-9-4-2-5-10-24)11-8-14-30-34(39)38(35(40)45-30)20-27-21-44-33(37-27)26-12-6-3-7-13-26/h2-7,9-10,12-13,15-19,21,23,30H,8,11,14,20,22H2,1H3/b18-16+. The molecule has 2 aromatic heterocycles. The summed E-state index contributed by atoms with van der Waals surface area (Å²) in [4.78, 5) is 35.3. The van der Waals surface area contributed by atoms with Crippen LogP contribution in [0, 0.1) is 0 Å². The van der Waals surface area contributed by atoms with Gasteiger partial charge in [-0.05, 0) is 60.7 Å². The number of aryl methyl sites for hydroxylation is 1. The molecule has 10 heteroatoms. The molecule has 45 heavy (non-hydrogen) atoms. The van der Waals surface area contributed by atoms with Crippen molar-refractivity contribution in [2.75, 3.05) is 7.11 Å². The number of hydrogen-bond acceptors (Lipinski definition) is 9. The van der Waals surface area contributed by atoms with Crippen molar-refractivity contribution in [2.45, 2.75) is 38.5 Å². The van der Waals surface area contributed by atoms with E-state index < -0.39 is 12.2 Å². The second-order valence-corrected chi connectivity index (χ2v) is 10.4. The number of rotatable bonds is 13. The number of imide groups is 1. The van der Waals surface area contributed by atoms with Crippen molar-refractivity contribution in [2.24, 2.45) is 0 Å². The lowest BCUT2D eigenvalue weighted by atomic mass is 10.0. The van der Waals surface area contributed by atoms with Crippen molar-refractivity contribution >= 4 is 24.2 Å². The van der Waals surface area contributed by atoms with Crippen LogP contribution in [0.3, 0.4) is 0 Å². The van der Waals surface area contributed by atoms with E-state index in [-0.39, 0.29) is 19.1 Å². The van der Waals surface area contributed by atoms with E-state index in [0.29, 0.717) is 53.9 Å². The van der Waals surface area contributed by atoms with E-state index in [0.717, 1.165) is 21.6 Å². The van der Waals surface area contributed by atoms with Crippen LogP contribution in [0.4, 0.5) is 4.79 Å². The van der Waals surface area contributed by atoms with Gasteiger partial charge in [-0.25, -0.2) is 19.7 Å². The molecule has 0 N–H and O–H groups in total. The van der Waals surface area contributed by atoms with Gasteiger partial charge in [0.1, 0.15) is 24.8 Å². The normalized spacial score (nSPS) is 14.7. The number of ether oxygens (including phenoxy) is 3. The number of aromatic nitrogens is 2. The molecule has 1 fully saturated rings. The summed E-state index contributed by atoms with van der Waals surface area (Å²) in [6.07, 6.45) is 6.92. The van der Waals surface area contributed by atoms with Crippen LogP contribution in [0.2, 0.25) is 0 Å². The van der Waals surface area contributed by atoms with Crippen LogP contribution in [-0.2, 0) is 29.1 Å². The number of nitrogens with zero attached hydrogens (tertiary/aromatic N) is 3. The minimum absolute atomic E-state index is 0.0107. The predicted octanol–water partition coefficient (Wildman–Crippen LogP) is 6.96. The Kier molecular flexibility index (Phi) is 9.01. The van der Waals surface area contributed by atoms with E-state index in [1.54, 1.807) is 13.4 Å². The number of carbonyl (C=O) groups is 2. The van der Waals surface area contributed by atoms with Gasteiger partial charge < -0.3 is 23.0 Å². The second kappa shape index (κ2) is 13.8. The van der Waals surface area contributed by atoms with Crippen molar-refractivity contribution in [1.82, 2.24) is 14.9 Å². The molecule has 0 saturated carbocycles. The van der Waals surface area contributed by atoms with Crippen molar-refractivity contribution in [3.63, 3.8) is 0 Å². The van der Waals surface area contributed by atoms with Gasteiger partial charge in [-0.1, -0.05) is 54.6 Å². The van der Waals surface area contributed by atoms with Crippen LogP contribution in [0.1, 0.15) is 41.2 Å². The average Bonchev–Trinajstić information content (AvgIpc) is 3.81. The Hall–Kier alpha value is -5.64. The van der Waals surface area contributed by atoms with Gasteiger partial charge in [-0.3, -0.25) is 4.79 Å². The number of hydrogen-bond donors (Lipinski definition) is 0. The van der Waals surface area contributed by atoms with E-state index in [1.165, 1.54) is 6.26 Å². The number of benzene rings is 3. The van der Waals surface area contributed by atoms with Crippen molar-refractivity contribution in [3.8, 4) is 23.0 Å². The van der Waals surface area contributed by atoms with Gasteiger partial charge in [0.05, 0.1) is 19.3 Å². The minimum atomic E-state index is -0.836. The maximum atomic E-state index is 12.9. The van der Waals surface area contributed by atoms with Crippen molar-refractivity contribution in [1.29, 1.82) is 0 Å². The zero-order chi connectivity index (χ0) is 31.0. The molecule has 1 unspecified atom stereocenters. The molecule has 2 amide bonds. The number of oxazole rings is 2. The number of cyclic esters (lactones) is 1. The summed E-state index contributed by atoms with van der Waals surface area (Å²) < 4.78 is 28.0. The van der Waals surface area contributed by atoms with Crippen LogP contribution in [0.15, 0.2) is 100 Å². The molecule has 0 radical (unpaired) electrons. The third-order valence-electron chi connectivity index (χ3n) is 7.22. The Bertz CT molecular complexity index is 1780. The van der Waals surface area contributed by atoms with Gasteiger partial charge in [0, 0.05) is 11.6 Å². The van der Waals surface area contributed by atoms with Gasteiger partial charge in [-0.15, -0.1) is 0 Å². The molecular weight excluding hydrogens is 574 g/mol. The predicted molar refractivity (Wildman–Crippen MR) is 165 cm³/mol. The van der Waals surface area contributed by atoms with Gasteiger partial charge in [0.25, 0.3) is 5.91 Å². The Labute approximate surface area is 259 Å². The van der Waals surface area contributed by atoms with Crippen molar-refractivity contribution < 1.29 is 32.6 Å². The van der Waals surface area contributed by atoms with Crippen molar-refractivity contribution in [3.05, 3.63) is 120 Å². The first-order valence-corrected chi connectivity index (χ1v) is 14.5. The summed E-state index contributed by atoms with van der Waals surface area (Å²) in [7, 11) is 1.58. The highest BCUT2D eigenvalue weighted by molar-refractivity contribution is 5.99. The van der Waals surface area contributed by atoms with E-state index in [4.69, 9.17) is 23.0 Å². The first-order chi connectivity index (χ1) is 22.1. The Morgan fingerprint density at radius 2 is 1.64 bits per heavy atom. The number of methoxy groups -OCH3 is 1. The fraction of sp³-hybridized carbons (Fsp3) is 0.200. The fourth-order valence-electron chi connectivity index (χ4n) is 4.91. The van der Waals surface area contributed by atoms with Crippen LogP contribution >= 0.6 is 0 Å². The molecule has 0 aliphatic carbocycles. The summed E-state index contributed by atoms with van der Waals surface area (Å²) in [5.74, 6) is 1.69. The zero-order valence-electron chi connectivity index (χ0n) is 24.6. The van der Waals surface area contributed by atoms with Crippen LogP contribution < -0.4 is 9.47 Å². The summed E-state index contributed by atoms with van der Waals surface area (Å²) >= 11 is 0. The first kappa shape index (κ1) is 29.4. The topological polar surface area (TPSA) is 117 Å². The molecule has 3 heterocycles. The van der Waals surface area contributed by atoms with Gasteiger partial charge in [0.15, 0.2) is 17.6 Å². The lowest BCUT2D eigenvalue weighted by Crippen LogP contribution is -2.31. The van der Waals surface area contributed by atoms with Gasteiger partial charge in [-0.2, -0.15) is 0 Å². The highest BCUT2D eigenvalue weighted by Gasteiger charge is 2.40. The SMILES string of the molecule is COc1cc(CCCC2OC(=O)N(Cc3coc(-c4ccccc4)n3)C2=O)ccc1OCc1coc(/C=C/c2ccccc2)n1. The van der Waals surface area contributed by atoms with Crippen LogP contribution in [0.5, 0.6) is 11.5 Å². The third-order valence-corrected chi connectivity index (χ3v) is 7.22. The van der Waals surface area contributed by atoms with E-state index in [1.807, 2.05) is 91.0 Å². The summed E-state index contributed by atoms with van der Waals surface area (Å²) in [6, 6.07) is 25.0. The fourth-order valence-corrected chi connectivity index (χ4v) is 4.91. The zero-order valence-corrected chi connectivity index (χ0v) is 24.6. The largest absolute Gasteiger partial charge is 0.493 e. The Morgan fingerprint density at radius 3 is 2.44 bits per heavy atom. The molecule has 6 rings (SSSR count). The monoisotopic (exact) mass is 605 g/mol. The quantitative estimate of drug-likeness (QED) is 0.140. The summed E-state index contributed by atoms with van der Waals surface area (Å²) in [5.41, 5.74) is 3.98. The maximum absolute atomic E-state index is 12.9. The van der Waals surface area contributed by atoms with E-state index in [9.17, 15) is 9.59 Å². The molecule has 1 aliphatic heterocycles. The first-order valence-electron chi connectivity index (χ1n) is 14.5. The molecule has 1 saturated heterocycles. The average molecular weight is 606 g/mol. The summed E-state index contributed by atoms with van der Waals surface area (Å²) in [5, 5.41) is 0. The van der Waals surface area contributed by atoms with E-state index >= 15 is 0 Å². The molecule has 10 nitrogen and oxygen atoms in total. The Morgan fingerprint density at radius 1 is 0.867 bits per heavy atom. The number of amides is 2. The van der Waals surface area contributed by atoms with Gasteiger partial charge in [0.2, 0.25) is 11.8 Å². The molecule has 1 atom stereocenters. The summed E-state index contributed by atoms with van der Waals surface area (Å²) in [6.45, 7) is 0.204. The molecular formula is C35H31N3O7. The smallest absolute Gasteiger partial charge is 0.417 e. The molecule has 228 valence electrons. The third kappa shape index (κ3) is 7.30. The van der Waals surface area contributed by atoms with Crippen LogP contribution in [0.25, 0.3) is 23.6 Å². The molecule has 3 aromatic carbocycles.